The van der Waals surface area contributed by atoms with Crippen LogP contribution in [0.15, 0.2) is 36.4 Å². The maximum atomic E-state index is 11.2. The zero-order valence-electron chi connectivity index (χ0n) is 14.7. The molecule has 142 valence electrons. The van der Waals surface area contributed by atoms with Crippen LogP contribution in [0.5, 0.6) is 17.4 Å². The summed E-state index contributed by atoms with van der Waals surface area (Å²) in [5.41, 5.74) is 0.833. The van der Waals surface area contributed by atoms with Crippen LogP contribution in [0, 0.1) is 0 Å². The molecule has 27 heavy (non-hydrogen) atoms. The molecule has 3 aromatic rings. The molecule has 0 spiro atoms. The lowest BCUT2D eigenvalue weighted by molar-refractivity contribution is 0.391. The normalized spacial score (nSPS) is 11.7. The summed E-state index contributed by atoms with van der Waals surface area (Å²) in [5.74, 6) is 1.45. The highest BCUT2D eigenvalue weighted by Gasteiger charge is 2.23. The highest BCUT2D eigenvalue weighted by Crippen LogP contribution is 2.37. The van der Waals surface area contributed by atoms with E-state index in [1.807, 2.05) is 0 Å². The Balaban J connectivity index is 2.30. The molecule has 2 aromatic heterocycles. The van der Waals surface area contributed by atoms with Gasteiger partial charge in [-0.3, -0.25) is 13.5 Å². The third kappa shape index (κ3) is 3.68. The van der Waals surface area contributed by atoms with E-state index in [0.717, 1.165) is 0 Å². The zero-order valence-corrected chi connectivity index (χ0v) is 15.5. The van der Waals surface area contributed by atoms with Crippen LogP contribution in [0.25, 0.3) is 17.2 Å². The van der Waals surface area contributed by atoms with Gasteiger partial charge in [-0.25, -0.2) is 4.98 Å². The number of ether oxygens (including phenoxy) is 3. The standard InChI is InChI=1S/C16H17N5O5S/c1-24-11-7-5-8-12(25-2)14(11)21-15(18-19-16(21)20-27(22)23)10-6-4-9-13(17-10)26-3/h4-9H,1-3H3,(H,19,20)(H,22,23)/p-1. The predicted octanol–water partition coefficient (Wildman–Crippen LogP) is 1.56. The highest BCUT2D eigenvalue weighted by atomic mass is 32.2. The fraction of sp³-hybridized carbons (Fsp3) is 0.188. The van der Waals surface area contributed by atoms with Crippen LogP contribution in [-0.4, -0.2) is 49.8 Å². The minimum absolute atomic E-state index is 0.0502. The molecule has 0 aliphatic rings. The van der Waals surface area contributed by atoms with Crippen molar-refractivity contribution in [2.24, 2.45) is 0 Å². The van der Waals surface area contributed by atoms with Crippen LogP contribution in [0.1, 0.15) is 0 Å². The second-order valence-electron chi connectivity index (χ2n) is 5.10. The molecule has 0 saturated carbocycles. The van der Waals surface area contributed by atoms with E-state index in [4.69, 9.17) is 14.2 Å². The average Bonchev–Trinajstić information content (AvgIpc) is 3.09. The lowest BCUT2D eigenvalue weighted by atomic mass is 10.2. The first-order chi connectivity index (χ1) is 13.1. The van der Waals surface area contributed by atoms with Crippen LogP contribution >= 0.6 is 0 Å². The molecule has 1 unspecified atom stereocenters. The first-order valence-corrected chi connectivity index (χ1v) is 8.70. The highest BCUT2D eigenvalue weighted by molar-refractivity contribution is 7.80. The predicted molar refractivity (Wildman–Crippen MR) is 96.8 cm³/mol. The number of hydrogen-bond donors (Lipinski definition) is 1. The number of pyridine rings is 1. The Morgan fingerprint density at radius 3 is 2.26 bits per heavy atom. The Hall–Kier alpha value is -3.18. The first-order valence-electron chi connectivity index (χ1n) is 7.63. The largest absolute Gasteiger partial charge is 0.755 e. The van der Waals surface area contributed by atoms with Crippen LogP contribution in [0.2, 0.25) is 0 Å². The van der Waals surface area contributed by atoms with Gasteiger partial charge in [0.2, 0.25) is 11.8 Å². The van der Waals surface area contributed by atoms with Crippen molar-refractivity contribution in [2.75, 3.05) is 26.1 Å². The molecule has 0 saturated heterocycles. The topological polar surface area (TPSA) is 123 Å². The molecule has 0 amide bonds. The number of nitrogens with zero attached hydrogens (tertiary/aromatic N) is 4. The van der Waals surface area contributed by atoms with E-state index in [1.54, 1.807) is 36.4 Å². The maximum absolute atomic E-state index is 11.2. The smallest absolute Gasteiger partial charge is 0.240 e. The second kappa shape index (κ2) is 8.01. The second-order valence-corrected chi connectivity index (χ2v) is 5.77. The molecule has 1 atom stereocenters. The SMILES string of the molecule is COc1cccc(-c2nnc(NS(=O)[O-])n2-c2c(OC)cccc2OC)n1. The molecule has 3 rings (SSSR count). The van der Waals surface area contributed by atoms with Crippen molar-refractivity contribution in [2.45, 2.75) is 0 Å². The summed E-state index contributed by atoms with van der Waals surface area (Å²) in [7, 11) is 4.48. The average molecular weight is 390 g/mol. The number of aromatic nitrogens is 4. The van der Waals surface area contributed by atoms with E-state index in [1.165, 1.54) is 25.9 Å². The molecule has 0 bridgehead atoms. The molecule has 0 fully saturated rings. The van der Waals surface area contributed by atoms with Crippen LogP contribution in [0.4, 0.5) is 5.95 Å². The van der Waals surface area contributed by atoms with E-state index >= 15 is 0 Å². The van der Waals surface area contributed by atoms with Crippen molar-refractivity contribution < 1.29 is 23.0 Å². The molecule has 2 heterocycles. The minimum Gasteiger partial charge on any atom is -0.755 e. The number of methoxy groups -OCH3 is 3. The fourth-order valence-corrected chi connectivity index (χ4v) is 2.79. The summed E-state index contributed by atoms with van der Waals surface area (Å²) < 4.78 is 42.1. The lowest BCUT2D eigenvalue weighted by Crippen LogP contribution is -2.11. The number of benzene rings is 1. The molecule has 0 aliphatic heterocycles. The van der Waals surface area contributed by atoms with Crippen molar-refractivity contribution in [1.82, 2.24) is 19.7 Å². The van der Waals surface area contributed by atoms with Gasteiger partial charge in [-0.05, 0) is 18.2 Å². The van der Waals surface area contributed by atoms with Gasteiger partial charge in [0.25, 0.3) is 0 Å². The summed E-state index contributed by atoms with van der Waals surface area (Å²) in [6, 6.07) is 10.3. The van der Waals surface area contributed by atoms with Gasteiger partial charge in [-0.2, -0.15) is 0 Å². The molecule has 0 aliphatic carbocycles. The van der Waals surface area contributed by atoms with Crippen LogP contribution < -0.4 is 18.9 Å². The van der Waals surface area contributed by atoms with Crippen molar-refractivity contribution in [3.05, 3.63) is 36.4 Å². The van der Waals surface area contributed by atoms with Gasteiger partial charge < -0.3 is 18.8 Å². The first kappa shape index (κ1) is 18.6. The maximum Gasteiger partial charge on any atom is 0.240 e. The molecule has 11 heteroatoms. The van der Waals surface area contributed by atoms with Gasteiger partial charge >= 0.3 is 0 Å². The van der Waals surface area contributed by atoms with Gasteiger partial charge in [0, 0.05) is 17.3 Å². The van der Waals surface area contributed by atoms with Crippen LogP contribution in [0.3, 0.4) is 0 Å². The summed E-state index contributed by atoms with van der Waals surface area (Å²) >= 11 is -2.62. The summed E-state index contributed by atoms with van der Waals surface area (Å²) in [5, 5.41) is 8.02. The molecule has 10 nitrogen and oxygen atoms in total. The van der Waals surface area contributed by atoms with Gasteiger partial charge in [0.1, 0.15) is 22.9 Å². The third-order valence-electron chi connectivity index (χ3n) is 3.62. The Kier molecular flexibility index (Phi) is 5.52. The van der Waals surface area contributed by atoms with Crippen molar-refractivity contribution in [3.8, 4) is 34.6 Å². The molecular formula is C16H16N5O5S-. The quantitative estimate of drug-likeness (QED) is 0.603. The van der Waals surface area contributed by atoms with E-state index in [9.17, 15) is 8.76 Å². The van der Waals surface area contributed by atoms with E-state index < -0.39 is 11.3 Å². The number of rotatable bonds is 7. The summed E-state index contributed by atoms with van der Waals surface area (Å²) in [6.07, 6.45) is 0. The number of para-hydroxylation sites is 1. The minimum atomic E-state index is -2.62. The molecule has 0 radical (unpaired) electrons. The van der Waals surface area contributed by atoms with Gasteiger partial charge in [-0.15, -0.1) is 10.2 Å². The Bertz CT molecular complexity index is 955. The molecular weight excluding hydrogens is 374 g/mol. The number of anilines is 1. The van der Waals surface area contributed by atoms with E-state index in [-0.39, 0.29) is 11.8 Å². The lowest BCUT2D eigenvalue weighted by Gasteiger charge is -2.17. The third-order valence-corrected chi connectivity index (χ3v) is 3.97. The van der Waals surface area contributed by atoms with Gasteiger partial charge in [0.05, 0.1) is 21.3 Å². The Labute approximate surface area is 157 Å². The van der Waals surface area contributed by atoms with Crippen molar-refractivity contribution >= 4 is 17.2 Å². The Morgan fingerprint density at radius 1 is 1.00 bits per heavy atom. The van der Waals surface area contributed by atoms with Crippen molar-refractivity contribution in [3.63, 3.8) is 0 Å². The monoisotopic (exact) mass is 390 g/mol. The Morgan fingerprint density at radius 2 is 1.67 bits per heavy atom. The van der Waals surface area contributed by atoms with E-state index in [2.05, 4.69) is 19.9 Å². The van der Waals surface area contributed by atoms with Crippen LogP contribution in [-0.2, 0) is 11.3 Å². The molecule has 1 N–H and O–H groups in total. The summed E-state index contributed by atoms with van der Waals surface area (Å²) in [4.78, 5) is 4.34. The van der Waals surface area contributed by atoms with Gasteiger partial charge in [-0.1, -0.05) is 12.1 Å². The van der Waals surface area contributed by atoms with E-state index in [0.29, 0.717) is 28.8 Å². The van der Waals surface area contributed by atoms with Gasteiger partial charge in [0.15, 0.2) is 5.82 Å². The molecule has 1 aromatic carbocycles. The zero-order chi connectivity index (χ0) is 19.4. The number of hydrogen-bond acceptors (Lipinski definition) is 8. The number of nitrogens with one attached hydrogen (secondary N) is 1. The fourth-order valence-electron chi connectivity index (χ4n) is 2.51. The summed E-state index contributed by atoms with van der Waals surface area (Å²) in [6.45, 7) is 0. The van der Waals surface area contributed by atoms with Crippen molar-refractivity contribution in [1.29, 1.82) is 0 Å².